The zero-order chi connectivity index (χ0) is 16.8. The second-order valence-corrected chi connectivity index (χ2v) is 6.65. The van der Waals surface area contributed by atoms with Crippen LogP contribution in [0.2, 0.25) is 0 Å². The summed E-state index contributed by atoms with van der Waals surface area (Å²) in [6.07, 6.45) is 0. The molecule has 1 aliphatic rings. The van der Waals surface area contributed by atoms with Gasteiger partial charge < -0.3 is 10.6 Å². The molecule has 0 radical (unpaired) electrons. The zero-order valence-corrected chi connectivity index (χ0v) is 14.3. The van der Waals surface area contributed by atoms with Crippen molar-refractivity contribution in [3.63, 3.8) is 0 Å². The summed E-state index contributed by atoms with van der Waals surface area (Å²) in [5.74, 6) is -0.288. The number of piperazine rings is 1. The molecule has 2 N–H and O–H groups in total. The van der Waals surface area contributed by atoms with E-state index in [9.17, 15) is 9.59 Å². The molecule has 24 heavy (non-hydrogen) atoms. The molecule has 0 unspecified atom stereocenters. The Morgan fingerprint density at radius 2 is 1.83 bits per heavy atom. The quantitative estimate of drug-likeness (QED) is 0.783. The molecule has 0 aliphatic carbocycles. The molecule has 3 rings (SSSR count). The normalized spacial score (nSPS) is 15.2. The van der Waals surface area contributed by atoms with Crippen molar-refractivity contribution in [2.45, 2.75) is 0 Å². The molecule has 2 aromatic rings. The van der Waals surface area contributed by atoms with Crippen molar-refractivity contribution >= 4 is 23.0 Å². The van der Waals surface area contributed by atoms with Gasteiger partial charge in [0.15, 0.2) is 0 Å². The average Bonchev–Trinajstić information content (AvgIpc) is 3.16. The summed E-state index contributed by atoms with van der Waals surface area (Å²) in [5, 5.41) is 8.11. The van der Waals surface area contributed by atoms with Crippen molar-refractivity contribution in [1.29, 1.82) is 0 Å². The Balaban J connectivity index is 1.63. The predicted molar refractivity (Wildman–Crippen MR) is 95.8 cm³/mol. The maximum atomic E-state index is 12.6. The van der Waals surface area contributed by atoms with Crippen molar-refractivity contribution in [1.82, 2.24) is 15.5 Å². The van der Waals surface area contributed by atoms with Crippen molar-refractivity contribution < 1.29 is 9.59 Å². The lowest BCUT2D eigenvalue weighted by molar-refractivity contribution is 0.0937. The number of rotatable bonds is 6. The molecule has 1 aromatic carbocycles. The number of nitrogens with zero attached hydrogens (tertiary/aromatic N) is 1. The van der Waals surface area contributed by atoms with Gasteiger partial charge in [0.25, 0.3) is 5.91 Å². The molecule has 0 bridgehead atoms. The fraction of sp³-hybridized carbons (Fsp3) is 0.333. The van der Waals surface area contributed by atoms with Gasteiger partial charge in [0.1, 0.15) is 0 Å². The van der Waals surface area contributed by atoms with Crippen LogP contribution in [0.25, 0.3) is 0 Å². The monoisotopic (exact) mass is 343 g/mol. The number of nitrogens with one attached hydrogen (secondary N) is 2. The first-order valence-corrected chi connectivity index (χ1v) is 9.02. The summed E-state index contributed by atoms with van der Waals surface area (Å²) in [6, 6.07) is 10.6. The third kappa shape index (κ3) is 4.08. The molecule has 6 heteroatoms. The molecular weight excluding hydrogens is 322 g/mol. The smallest absolute Gasteiger partial charge is 0.252 e. The first-order valence-electron chi connectivity index (χ1n) is 8.14. The van der Waals surface area contributed by atoms with Gasteiger partial charge in [0, 0.05) is 44.8 Å². The summed E-state index contributed by atoms with van der Waals surface area (Å²) in [4.78, 5) is 28.0. The molecule has 5 nitrogen and oxygen atoms in total. The molecule has 1 fully saturated rings. The predicted octanol–water partition coefficient (Wildman–Crippen LogP) is 1.61. The van der Waals surface area contributed by atoms with Crippen LogP contribution in [0, 0.1) is 0 Å². The highest BCUT2D eigenvalue weighted by molar-refractivity contribution is 7.12. The van der Waals surface area contributed by atoms with Crippen molar-refractivity contribution in [2.75, 3.05) is 39.3 Å². The van der Waals surface area contributed by atoms with Gasteiger partial charge in [-0.1, -0.05) is 24.3 Å². The Labute approximate surface area is 145 Å². The second kappa shape index (κ2) is 8.19. The molecule has 0 saturated carbocycles. The number of amides is 1. The van der Waals surface area contributed by atoms with Crippen LogP contribution in [-0.2, 0) is 0 Å². The minimum absolute atomic E-state index is 0.0992. The first kappa shape index (κ1) is 16.8. The fourth-order valence-electron chi connectivity index (χ4n) is 2.78. The number of thiophene rings is 1. The van der Waals surface area contributed by atoms with Crippen molar-refractivity contribution in [3.8, 4) is 0 Å². The Hall–Kier alpha value is -2.02. The number of ketones is 1. The van der Waals surface area contributed by atoms with Crippen LogP contribution in [0.5, 0.6) is 0 Å². The van der Waals surface area contributed by atoms with Crippen molar-refractivity contribution in [2.24, 2.45) is 0 Å². The minimum Gasteiger partial charge on any atom is -0.351 e. The lowest BCUT2D eigenvalue weighted by Gasteiger charge is -2.27. The third-order valence-electron chi connectivity index (χ3n) is 4.08. The van der Waals surface area contributed by atoms with E-state index in [1.165, 1.54) is 11.3 Å². The lowest BCUT2D eigenvalue weighted by Crippen LogP contribution is -2.46. The van der Waals surface area contributed by atoms with Gasteiger partial charge in [-0.15, -0.1) is 11.3 Å². The molecule has 1 saturated heterocycles. The minimum atomic E-state index is -0.189. The molecule has 0 spiro atoms. The maximum absolute atomic E-state index is 12.6. The van der Waals surface area contributed by atoms with Gasteiger partial charge in [-0.3, -0.25) is 14.5 Å². The molecule has 1 amide bonds. The summed E-state index contributed by atoms with van der Waals surface area (Å²) < 4.78 is 0. The fourth-order valence-corrected chi connectivity index (χ4v) is 3.46. The van der Waals surface area contributed by atoms with E-state index in [1.54, 1.807) is 30.3 Å². The summed E-state index contributed by atoms with van der Waals surface area (Å²) in [5.41, 5.74) is 0.899. The molecule has 126 valence electrons. The van der Waals surface area contributed by atoms with E-state index >= 15 is 0 Å². The summed E-state index contributed by atoms with van der Waals surface area (Å²) in [6.45, 7) is 5.40. The van der Waals surface area contributed by atoms with Crippen LogP contribution in [-0.4, -0.2) is 55.9 Å². The highest BCUT2D eigenvalue weighted by Gasteiger charge is 2.18. The Kier molecular flexibility index (Phi) is 5.74. The largest absolute Gasteiger partial charge is 0.351 e. The maximum Gasteiger partial charge on any atom is 0.252 e. The zero-order valence-electron chi connectivity index (χ0n) is 13.5. The number of benzene rings is 1. The summed E-state index contributed by atoms with van der Waals surface area (Å²) >= 11 is 1.39. The number of hydrogen-bond acceptors (Lipinski definition) is 5. The van der Waals surface area contributed by atoms with Gasteiger partial charge >= 0.3 is 0 Å². The average molecular weight is 343 g/mol. The SMILES string of the molecule is O=C(NCCN1CCNCC1)c1ccccc1C(=O)c1cccs1. The molecule has 1 aromatic heterocycles. The van der Waals surface area contributed by atoms with Crippen LogP contribution in [0.4, 0.5) is 0 Å². The number of hydrogen-bond donors (Lipinski definition) is 2. The van der Waals surface area contributed by atoms with Crippen LogP contribution in [0.1, 0.15) is 25.6 Å². The van der Waals surface area contributed by atoms with E-state index in [1.807, 2.05) is 11.4 Å². The van der Waals surface area contributed by atoms with E-state index in [-0.39, 0.29) is 11.7 Å². The van der Waals surface area contributed by atoms with Gasteiger partial charge in [0.2, 0.25) is 5.78 Å². The first-order chi connectivity index (χ1) is 11.8. The number of carbonyl (C=O) groups excluding carboxylic acids is 2. The molecule has 2 heterocycles. The van der Waals surface area contributed by atoms with Crippen molar-refractivity contribution in [3.05, 3.63) is 57.8 Å². The van der Waals surface area contributed by atoms with Crippen LogP contribution in [0.3, 0.4) is 0 Å². The van der Waals surface area contributed by atoms with Crippen LogP contribution < -0.4 is 10.6 Å². The van der Waals surface area contributed by atoms with E-state index in [0.29, 0.717) is 22.5 Å². The van der Waals surface area contributed by atoms with Gasteiger partial charge in [0.05, 0.1) is 10.4 Å². The highest BCUT2D eigenvalue weighted by Crippen LogP contribution is 2.18. The Morgan fingerprint density at radius 3 is 2.54 bits per heavy atom. The van der Waals surface area contributed by atoms with Crippen LogP contribution >= 0.6 is 11.3 Å². The lowest BCUT2D eigenvalue weighted by atomic mass is 10.0. The third-order valence-corrected chi connectivity index (χ3v) is 4.95. The Morgan fingerprint density at radius 1 is 1.08 bits per heavy atom. The van der Waals surface area contributed by atoms with Crippen LogP contribution in [0.15, 0.2) is 41.8 Å². The van der Waals surface area contributed by atoms with E-state index in [4.69, 9.17) is 0 Å². The topological polar surface area (TPSA) is 61.4 Å². The highest BCUT2D eigenvalue weighted by atomic mass is 32.1. The standard InChI is InChI=1S/C18H21N3O2S/c22-17(16-6-3-13-24-16)14-4-1-2-5-15(14)18(23)20-9-12-21-10-7-19-8-11-21/h1-6,13,19H,7-12H2,(H,20,23). The number of carbonyl (C=O) groups is 2. The molecular formula is C18H21N3O2S. The van der Waals surface area contributed by atoms with E-state index in [0.717, 1.165) is 32.7 Å². The van der Waals surface area contributed by atoms with E-state index in [2.05, 4.69) is 15.5 Å². The molecule has 1 aliphatic heterocycles. The second-order valence-electron chi connectivity index (χ2n) is 5.70. The Bertz CT molecular complexity index is 694. The van der Waals surface area contributed by atoms with Gasteiger partial charge in [-0.2, -0.15) is 0 Å². The van der Waals surface area contributed by atoms with E-state index < -0.39 is 0 Å². The van der Waals surface area contributed by atoms with Gasteiger partial charge in [-0.05, 0) is 17.5 Å². The summed E-state index contributed by atoms with van der Waals surface area (Å²) in [7, 11) is 0. The molecule has 0 atom stereocenters. The van der Waals surface area contributed by atoms with Gasteiger partial charge in [-0.25, -0.2) is 0 Å².